The minimum absolute atomic E-state index is 0.194. The number of halogens is 1. The van der Waals surface area contributed by atoms with Crippen molar-refractivity contribution in [2.24, 2.45) is 7.05 Å². The van der Waals surface area contributed by atoms with Crippen LogP contribution >= 0.6 is 11.6 Å². The minimum Gasteiger partial charge on any atom is -0.396 e. The summed E-state index contributed by atoms with van der Waals surface area (Å²) < 4.78 is 1.74. The quantitative estimate of drug-likeness (QED) is 0.771. The number of nitrogens with zero attached hydrogens (tertiary/aromatic N) is 2. The first kappa shape index (κ1) is 18.0. The van der Waals surface area contributed by atoms with E-state index in [1.54, 1.807) is 4.68 Å². The van der Waals surface area contributed by atoms with Crippen LogP contribution in [-0.4, -0.2) is 21.5 Å². The number of rotatable bonds is 8. The smallest absolute Gasteiger partial charge is 0.131 e. The highest BCUT2D eigenvalue weighted by molar-refractivity contribution is 6.30. The van der Waals surface area contributed by atoms with Crippen LogP contribution in [-0.2, 0) is 13.6 Å². The van der Waals surface area contributed by atoms with Crippen LogP contribution in [0.15, 0.2) is 30.3 Å². The third kappa shape index (κ3) is 4.56. The number of aromatic nitrogens is 2. The molecule has 1 aromatic heterocycles. The van der Waals surface area contributed by atoms with Crippen LogP contribution in [0.1, 0.15) is 55.5 Å². The van der Waals surface area contributed by atoms with Crippen molar-refractivity contribution in [3.05, 3.63) is 52.3 Å². The molecule has 0 aliphatic carbocycles. The zero-order valence-corrected chi connectivity index (χ0v) is 14.8. The molecule has 0 saturated heterocycles. The molecule has 2 aromatic rings. The van der Waals surface area contributed by atoms with Crippen molar-refractivity contribution < 1.29 is 5.11 Å². The maximum atomic E-state index is 9.15. The van der Waals surface area contributed by atoms with E-state index in [0.29, 0.717) is 17.6 Å². The molecule has 0 saturated carbocycles. The van der Waals surface area contributed by atoms with Gasteiger partial charge >= 0.3 is 0 Å². The van der Waals surface area contributed by atoms with Crippen molar-refractivity contribution >= 4 is 11.6 Å². The number of hydrogen-bond acceptors (Lipinski definition) is 3. The van der Waals surface area contributed by atoms with Gasteiger partial charge < -0.3 is 10.4 Å². The standard InChI is InChI=1S/C18H26ClN3O/c1-13(2)17-15(18(19)22(3)21-17)12-20-16(10-7-11-23)14-8-5-4-6-9-14/h4-6,8-9,13,16,20,23H,7,10-12H2,1-3H3. The minimum atomic E-state index is 0.194. The van der Waals surface area contributed by atoms with Crippen molar-refractivity contribution in [3.8, 4) is 0 Å². The molecule has 0 radical (unpaired) electrons. The zero-order valence-electron chi connectivity index (χ0n) is 14.1. The van der Waals surface area contributed by atoms with Gasteiger partial charge in [0.05, 0.1) is 5.69 Å². The molecule has 1 atom stereocenters. The predicted molar refractivity (Wildman–Crippen MR) is 94.6 cm³/mol. The van der Waals surface area contributed by atoms with Gasteiger partial charge in [0.15, 0.2) is 0 Å². The summed E-state index contributed by atoms with van der Waals surface area (Å²) in [6, 6.07) is 10.5. The monoisotopic (exact) mass is 335 g/mol. The number of benzene rings is 1. The molecule has 0 aliphatic rings. The lowest BCUT2D eigenvalue weighted by Gasteiger charge is -2.19. The Hall–Kier alpha value is -1.36. The topological polar surface area (TPSA) is 50.1 Å². The molecule has 4 nitrogen and oxygen atoms in total. The molecule has 2 N–H and O–H groups in total. The molecule has 23 heavy (non-hydrogen) atoms. The summed E-state index contributed by atoms with van der Waals surface area (Å²) in [5.41, 5.74) is 3.33. The predicted octanol–water partition coefficient (Wildman–Crippen LogP) is 3.80. The summed E-state index contributed by atoms with van der Waals surface area (Å²) >= 11 is 6.41. The van der Waals surface area contributed by atoms with Gasteiger partial charge in [0.25, 0.3) is 0 Å². The Kier molecular flexibility index (Phi) is 6.63. The van der Waals surface area contributed by atoms with E-state index >= 15 is 0 Å². The molecule has 2 rings (SSSR count). The van der Waals surface area contributed by atoms with E-state index in [1.807, 2.05) is 25.2 Å². The van der Waals surface area contributed by atoms with Crippen LogP contribution in [0.25, 0.3) is 0 Å². The van der Waals surface area contributed by atoms with Gasteiger partial charge in [-0.1, -0.05) is 55.8 Å². The average molecular weight is 336 g/mol. The van der Waals surface area contributed by atoms with Crippen molar-refractivity contribution in [1.82, 2.24) is 15.1 Å². The fourth-order valence-electron chi connectivity index (χ4n) is 2.79. The second-order valence-corrected chi connectivity index (χ2v) is 6.50. The van der Waals surface area contributed by atoms with E-state index in [9.17, 15) is 0 Å². The molecule has 0 amide bonds. The summed E-state index contributed by atoms with van der Waals surface area (Å²) in [4.78, 5) is 0. The fraction of sp³-hybridized carbons (Fsp3) is 0.500. The number of aliphatic hydroxyl groups is 1. The highest BCUT2D eigenvalue weighted by Gasteiger charge is 2.19. The Morgan fingerprint density at radius 3 is 2.57 bits per heavy atom. The van der Waals surface area contributed by atoms with Crippen LogP contribution in [0.3, 0.4) is 0 Å². The third-order valence-corrected chi connectivity index (χ3v) is 4.50. The Balaban J connectivity index is 2.15. The van der Waals surface area contributed by atoms with Gasteiger partial charge in [0.2, 0.25) is 0 Å². The maximum Gasteiger partial charge on any atom is 0.131 e. The van der Waals surface area contributed by atoms with Crippen molar-refractivity contribution in [2.45, 2.75) is 45.2 Å². The first-order valence-electron chi connectivity index (χ1n) is 8.15. The fourth-order valence-corrected chi connectivity index (χ4v) is 2.99. The van der Waals surface area contributed by atoms with E-state index in [2.05, 4.69) is 36.4 Å². The molecule has 126 valence electrons. The Labute approximate surface area is 143 Å². The molecule has 0 aliphatic heterocycles. The van der Waals surface area contributed by atoms with E-state index < -0.39 is 0 Å². The van der Waals surface area contributed by atoms with E-state index in [-0.39, 0.29) is 12.6 Å². The van der Waals surface area contributed by atoms with Crippen molar-refractivity contribution in [1.29, 1.82) is 0 Å². The molecule has 0 fully saturated rings. The van der Waals surface area contributed by atoms with Gasteiger partial charge in [0, 0.05) is 31.8 Å². The number of aryl methyl sites for hydroxylation is 1. The summed E-state index contributed by atoms with van der Waals surface area (Å²) in [5, 5.41) is 18.0. The normalized spacial score (nSPS) is 12.8. The van der Waals surface area contributed by atoms with E-state index in [0.717, 1.165) is 24.1 Å². The third-order valence-electron chi connectivity index (χ3n) is 4.03. The lowest BCUT2D eigenvalue weighted by molar-refractivity contribution is 0.275. The van der Waals surface area contributed by atoms with E-state index in [4.69, 9.17) is 16.7 Å². The molecule has 1 aromatic carbocycles. The molecule has 1 unspecified atom stereocenters. The number of nitrogens with one attached hydrogen (secondary N) is 1. The Bertz CT molecular complexity index is 610. The highest BCUT2D eigenvalue weighted by Crippen LogP contribution is 2.26. The molecule has 0 bridgehead atoms. The van der Waals surface area contributed by atoms with Crippen LogP contribution in [0.5, 0.6) is 0 Å². The van der Waals surface area contributed by atoms with Gasteiger partial charge in [-0.2, -0.15) is 5.10 Å². The van der Waals surface area contributed by atoms with Gasteiger partial charge in [-0.25, -0.2) is 0 Å². The van der Waals surface area contributed by atoms with Crippen LogP contribution in [0, 0.1) is 0 Å². The second kappa shape index (κ2) is 8.48. The summed E-state index contributed by atoms with van der Waals surface area (Å²) in [6.45, 7) is 5.13. The zero-order chi connectivity index (χ0) is 16.8. The first-order valence-corrected chi connectivity index (χ1v) is 8.52. The van der Waals surface area contributed by atoms with Gasteiger partial charge in [-0.05, 0) is 24.3 Å². The first-order chi connectivity index (χ1) is 11.0. The molecule has 5 heteroatoms. The van der Waals surface area contributed by atoms with Crippen LogP contribution in [0.2, 0.25) is 5.15 Å². The average Bonchev–Trinajstić information content (AvgIpc) is 2.84. The molecular weight excluding hydrogens is 310 g/mol. The lowest BCUT2D eigenvalue weighted by Crippen LogP contribution is -2.22. The summed E-state index contributed by atoms with van der Waals surface area (Å²) in [6.07, 6.45) is 1.65. The SMILES string of the molecule is CC(C)c1nn(C)c(Cl)c1CNC(CCCO)c1ccccc1. The van der Waals surface area contributed by atoms with Gasteiger partial charge in [-0.3, -0.25) is 4.68 Å². The van der Waals surface area contributed by atoms with Gasteiger partial charge in [-0.15, -0.1) is 0 Å². The highest BCUT2D eigenvalue weighted by atomic mass is 35.5. The number of hydrogen-bond donors (Lipinski definition) is 2. The van der Waals surface area contributed by atoms with Crippen molar-refractivity contribution in [3.63, 3.8) is 0 Å². The summed E-state index contributed by atoms with van der Waals surface area (Å²) in [7, 11) is 1.87. The summed E-state index contributed by atoms with van der Waals surface area (Å²) in [5.74, 6) is 0.332. The number of aliphatic hydroxyl groups excluding tert-OH is 1. The maximum absolute atomic E-state index is 9.15. The van der Waals surface area contributed by atoms with Crippen LogP contribution < -0.4 is 5.32 Å². The molecule has 0 spiro atoms. The van der Waals surface area contributed by atoms with E-state index in [1.165, 1.54) is 5.56 Å². The second-order valence-electron chi connectivity index (χ2n) is 6.14. The Morgan fingerprint density at radius 1 is 1.26 bits per heavy atom. The van der Waals surface area contributed by atoms with Gasteiger partial charge in [0.1, 0.15) is 5.15 Å². The molecule has 1 heterocycles. The van der Waals surface area contributed by atoms with Crippen molar-refractivity contribution in [2.75, 3.05) is 6.61 Å². The molecular formula is C18H26ClN3O. The van der Waals surface area contributed by atoms with Crippen LogP contribution in [0.4, 0.5) is 0 Å². The Morgan fingerprint density at radius 2 is 1.96 bits per heavy atom. The lowest BCUT2D eigenvalue weighted by atomic mass is 10.0. The largest absolute Gasteiger partial charge is 0.396 e.